The lowest BCUT2D eigenvalue weighted by Crippen LogP contribution is -2.22. The molecular weight excluding hydrogens is 192 g/mol. The Balaban J connectivity index is 2.02. The molecule has 78 valence electrons. The van der Waals surface area contributed by atoms with E-state index in [0.29, 0.717) is 6.01 Å². The van der Waals surface area contributed by atoms with Gasteiger partial charge in [0, 0.05) is 12.7 Å². The topological polar surface area (TPSA) is 55.9 Å². The van der Waals surface area contributed by atoms with Crippen molar-refractivity contribution >= 4 is 0 Å². The van der Waals surface area contributed by atoms with Gasteiger partial charge in [-0.05, 0) is 25.5 Å². The van der Waals surface area contributed by atoms with Crippen LogP contribution in [0.4, 0.5) is 0 Å². The minimum atomic E-state index is 0.543. The van der Waals surface area contributed by atoms with Gasteiger partial charge in [0.05, 0.1) is 11.9 Å². The largest absolute Gasteiger partial charge is 0.427 e. The van der Waals surface area contributed by atoms with Crippen molar-refractivity contribution in [3.05, 3.63) is 29.4 Å². The fraction of sp³-hybridized carbons (Fsp3) is 0.400. The Labute approximate surface area is 87.1 Å². The van der Waals surface area contributed by atoms with Crippen LogP contribution in [0.5, 0.6) is 0 Å². The molecule has 0 unspecified atom stereocenters. The Morgan fingerprint density at radius 3 is 3.20 bits per heavy atom. The molecule has 0 aliphatic carbocycles. The van der Waals surface area contributed by atoms with Crippen molar-refractivity contribution in [2.75, 3.05) is 6.54 Å². The van der Waals surface area contributed by atoms with Gasteiger partial charge in [-0.2, -0.15) is 14.8 Å². The number of hydrogen-bond donors (Lipinski definition) is 1. The van der Waals surface area contributed by atoms with Gasteiger partial charge in [-0.1, -0.05) is 0 Å². The maximum Gasteiger partial charge on any atom is 0.322 e. The molecular formula is C10H12N4O. The second-order valence-corrected chi connectivity index (χ2v) is 3.73. The Kier molecular flexibility index (Phi) is 1.85. The van der Waals surface area contributed by atoms with E-state index in [0.717, 1.165) is 31.0 Å². The van der Waals surface area contributed by atoms with Crippen LogP contribution in [0.2, 0.25) is 0 Å². The monoisotopic (exact) mass is 204 g/mol. The van der Waals surface area contributed by atoms with E-state index in [-0.39, 0.29) is 0 Å². The lowest BCUT2D eigenvalue weighted by atomic mass is 10.1. The minimum absolute atomic E-state index is 0.543. The highest BCUT2D eigenvalue weighted by Gasteiger charge is 2.15. The van der Waals surface area contributed by atoms with Crippen LogP contribution in [-0.2, 0) is 13.0 Å². The number of oxazole rings is 1. The number of nitrogens with one attached hydrogen (secondary N) is 1. The second-order valence-electron chi connectivity index (χ2n) is 3.73. The lowest BCUT2D eigenvalue weighted by Gasteiger charge is -2.09. The predicted octanol–water partition coefficient (Wildman–Crippen LogP) is 0.814. The van der Waals surface area contributed by atoms with Crippen LogP contribution in [0.15, 0.2) is 16.8 Å². The molecule has 5 heteroatoms. The summed E-state index contributed by atoms with van der Waals surface area (Å²) < 4.78 is 7.13. The molecule has 0 spiro atoms. The fourth-order valence-corrected chi connectivity index (χ4v) is 1.78. The smallest absolute Gasteiger partial charge is 0.322 e. The Morgan fingerprint density at radius 2 is 2.47 bits per heavy atom. The average Bonchev–Trinajstić information content (AvgIpc) is 2.82. The summed E-state index contributed by atoms with van der Waals surface area (Å²) in [5.41, 5.74) is 2.38. The van der Waals surface area contributed by atoms with Crippen molar-refractivity contribution in [2.24, 2.45) is 0 Å². The number of nitrogens with zero attached hydrogens (tertiary/aromatic N) is 3. The molecule has 0 bridgehead atoms. The molecule has 1 N–H and O–H groups in total. The Bertz CT molecular complexity index is 462. The van der Waals surface area contributed by atoms with Crippen molar-refractivity contribution < 1.29 is 4.42 Å². The Morgan fingerprint density at radius 1 is 1.53 bits per heavy atom. The Hall–Kier alpha value is -1.62. The van der Waals surface area contributed by atoms with Crippen molar-refractivity contribution in [1.29, 1.82) is 0 Å². The summed E-state index contributed by atoms with van der Waals surface area (Å²) in [6, 6.07) is 0.543. The number of aryl methyl sites for hydroxylation is 1. The van der Waals surface area contributed by atoms with Crippen LogP contribution in [-0.4, -0.2) is 21.3 Å². The van der Waals surface area contributed by atoms with E-state index in [1.54, 1.807) is 10.9 Å². The summed E-state index contributed by atoms with van der Waals surface area (Å²) in [6.07, 6.45) is 4.73. The van der Waals surface area contributed by atoms with Gasteiger partial charge < -0.3 is 9.73 Å². The normalized spacial score (nSPS) is 15.3. The van der Waals surface area contributed by atoms with Gasteiger partial charge in [-0.15, -0.1) is 0 Å². The standard InChI is InChI=1S/C10H12N4O/c1-7-4-12-10(15-7)14-6-8-2-3-11-5-9(8)13-14/h4,6,11H,2-3,5H2,1H3. The highest BCUT2D eigenvalue weighted by Crippen LogP contribution is 2.15. The maximum absolute atomic E-state index is 5.42. The molecule has 5 nitrogen and oxygen atoms in total. The third kappa shape index (κ3) is 1.45. The summed E-state index contributed by atoms with van der Waals surface area (Å²) in [4.78, 5) is 4.14. The first-order valence-electron chi connectivity index (χ1n) is 5.04. The van der Waals surface area contributed by atoms with Gasteiger partial charge in [0.2, 0.25) is 0 Å². The molecule has 0 saturated heterocycles. The maximum atomic E-state index is 5.42. The van der Waals surface area contributed by atoms with E-state index in [9.17, 15) is 0 Å². The zero-order valence-electron chi connectivity index (χ0n) is 8.53. The van der Waals surface area contributed by atoms with Gasteiger partial charge in [0.15, 0.2) is 0 Å². The first-order valence-corrected chi connectivity index (χ1v) is 5.04. The summed E-state index contributed by atoms with van der Waals surface area (Å²) in [5.74, 6) is 0.802. The third-order valence-electron chi connectivity index (χ3n) is 2.55. The molecule has 3 heterocycles. The third-order valence-corrected chi connectivity index (χ3v) is 2.55. The van der Waals surface area contributed by atoms with Gasteiger partial charge in [0.25, 0.3) is 0 Å². The van der Waals surface area contributed by atoms with E-state index in [2.05, 4.69) is 15.4 Å². The zero-order valence-corrected chi connectivity index (χ0v) is 8.53. The molecule has 3 rings (SSSR count). The highest BCUT2D eigenvalue weighted by atomic mass is 16.4. The first kappa shape index (κ1) is 8.67. The summed E-state index contributed by atoms with van der Waals surface area (Å²) in [6.45, 7) is 3.73. The van der Waals surface area contributed by atoms with E-state index < -0.39 is 0 Å². The average molecular weight is 204 g/mol. The van der Waals surface area contributed by atoms with Crippen LogP contribution < -0.4 is 5.32 Å². The number of hydrogen-bond acceptors (Lipinski definition) is 4. The minimum Gasteiger partial charge on any atom is -0.427 e. The van der Waals surface area contributed by atoms with E-state index in [1.807, 2.05) is 13.1 Å². The molecule has 0 fully saturated rings. The fourth-order valence-electron chi connectivity index (χ4n) is 1.78. The number of aromatic nitrogens is 3. The highest BCUT2D eigenvalue weighted by molar-refractivity contribution is 5.23. The lowest BCUT2D eigenvalue weighted by molar-refractivity contribution is 0.485. The molecule has 15 heavy (non-hydrogen) atoms. The van der Waals surface area contributed by atoms with Crippen molar-refractivity contribution in [1.82, 2.24) is 20.1 Å². The molecule has 0 atom stereocenters. The van der Waals surface area contributed by atoms with Crippen LogP contribution in [0.3, 0.4) is 0 Å². The van der Waals surface area contributed by atoms with Crippen LogP contribution in [0.25, 0.3) is 6.01 Å². The van der Waals surface area contributed by atoms with Crippen LogP contribution in [0, 0.1) is 6.92 Å². The van der Waals surface area contributed by atoms with E-state index >= 15 is 0 Å². The van der Waals surface area contributed by atoms with Gasteiger partial charge in [0.1, 0.15) is 5.76 Å². The quantitative estimate of drug-likeness (QED) is 0.747. The predicted molar refractivity (Wildman–Crippen MR) is 53.8 cm³/mol. The van der Waals surface area contributed by atoms with Gasteiger partial charge in [-0.3, -0.25) is 0 Å². The zero-order chi connectivity index (χ0) is 10.3. The number of rotatable bonds is 1. The van der Waals surface area contributed by atoms with Crippen LogP contribution in [0.1, 0.15) is 17.0 Å². The molecule has 2 aromatic rings. The molecule has 0 saturated carbocycles. The summed E-state index contributed by atoms with van der Waals surface area (Å²) >= 11 is 0. The molecule has 2 aromatic heterocycles. The SMILES string of the molecule is Cc1cnc(-n2cc3c(n2)CNCC3)o1. The second kappa shape index (κ2) is 3.20. The van der Waals surface area contributed by atoms with Gasteiger partial charge in [-0.25, -0.2) is 0 Å². The van der Waals surface area contributed by atoms with Crippen molar-refractivity contribution in [3.8, 4) is 6.01 Å². The summed E-state index contributed by atoms with van der Waals surface area (Å²) in [7, 11) is 0. The van der Waals surface area contributed by atoms with Crippen molar-refractivity contribution in [3.63, 3.8) is 0 Å². The van der Waals surface area contributed by atoms with Crippen molar-refractivity contribution in [2.45, 2.75) is 19.9 Å². The molecule has 0 amide bonds. The molecule has 1 aliphatic rings. The molecule has 0 aromatic carbocycles. The van der Waals surface area contributed by atoms with E-state index in [1.165, 1.54) is 5.56 Å². The van der Waals surface area contributed by atoms with Gasteiger partial charge >= 0.3 is 6.01 Å². The summed E-state index contributed by atoms with van der Waals surface area (Å²) in [5, 5.41) is 7.72. The first-order chi connectivity index (χ1) is 7.33. The molecule has 1 aliphatic heterocycles. The number of fused-ring (bicyclic) bond motifs is 1. The van der Waals surface area contributed by atoms with E-state index in [4.69, 9.17) is 4.42 Å². The van der Waals surface area contributed by atoms with Crippen LogP contribution >= 0.6 is 0 Å². The molecule has 0 radical (unpaired) electrons.